The lowest BCUT2D eigenvalue weighted by Crippen LogP contribution is -2.39. The normalized spacial score (nSPS) is 18.8. The van der Waals surface area contributed by atoms with E-state index in [1.165, 1.54) is 6.33 Å². The van der Waals surface area contributed by atoms with E-state index in [1.54, 1.807) is 30.6 Å². The number of hydrogen-bond acceptors (Lipinski definition) is 6. The van der Waals surface area contributed by atoms with Gasteiger partial charge in [0.05, 0.1) is 0 Å². The molecule has 0 fully saturated rings. The van der Waals surface area contributed by atoms with Crippen molar-refractivity contribution in [3.05, 3.63) is 78.4 Å². The number of nitrogens with zero attached hydrogens (tertiary/aromatic N) is 3. The monoisotopic (exact) mass is 410 g/mol. The summed E-state index contributed by atoms with van der Waals surface area (Å²) in [5, 5.41) is 0. The van der Waals surface area contributed by atoms with E-state index in [2.05, 4.69) is 15.0 Å². The van der Waals surface area contributed by atoms with E-state index in [9.17, 15) is 8.78 Å². The highest BCUT2D eigenvalue weighted by Crippen LogP contribution is 2.43. The summed E-state index contributed by atoms with van der Waals surface area (Å²) in [6, 6.07) is 12.8. The maximum absolute atomic E-state index is 14.7. The van der Waals surface area contributed by atoms with Gasteiger partial charge in [0.2, 0.25) is 0 Å². The van der Waals surface area contributed by atoms with Crippen LogP contribution in [0.25, 0.3) is 11.1 Å². The van der Waals surface area contributed by atoms with Gasteiger partial charge in [0.15, 0.2) is 12.6 Å². The largest absolute Gasteiger partial charge is 0.486 e. The number of ether oxygens (including phenoxy) is 2. The van der Waals surface area contributed by atoms with Gasteiger partial charge in [-0.1, -0.05) is 36.4 Å². The van der Waals surface area contributed by atoms with E-state index in [0.717, 1.165) is 5.56 Å². The van der Waals surface area contributed by atoms with Gasteiger partial charge in [-0.3, -0.25) is 0 Å². The van der Waals surface area contributed by atoms with Crippen LogP contribution in [0.15, 0.2) is 72.2 Å². The van der Waals surface area contributed by atoms with Crippen molar-refractivity contribution in [3.8, 4) is 16.9 Å². The molecule has 1 aromatic heterocycles. The van der Waals surface area contributed by atoms with Gasteiger partial charge in [-0.15, -0.1) is 0 Å². The molecule has 0 spiro atoms. The molecule has 0 bridgehead atoms. The van der Waals surface area contributed by atoms with Gasteiger partial charge in [-0.2, -0.15) is 0 Å². The summed E-state index contributed by atoms with van der Waals surface area (Å²) in [5.74, 6) is -2.95. The van der Waals surface area contributed by atoms with Gasteiger partial charge in [0, 0.05) is 23.5 Å². The van der Waals surface area contributed by atoms with Crippen LogP contribution in [-0.4, -0.2) is 28.5 Å². The van der Waals surface area contributed by atoms with E-state index in [1.807, 2.05) is 37.3 Å². The third kappa shape index (κ3) is 4.07. The number of amidine groups is 1. The van der Waals surface area contributed by atoms with E-state index in [4.69, 9.17) is 15.2 Å². The number of nitrogens with two attached hydrogens (primary N) is 1. The first-order valence-corrected chi connectivity index (χ1v) is 9.39. The molecule has 30 heavy (non-hydrogen) atoms. The topological polar surface area (TPSA) is 82.6 Å². The van der Waals surface area contributed by atoms with E-state index >= 15 is 0 Å². The predicted molar refractivity (Wildman–Crippen MR) is 108 cm³/mol. The molecule has 2 unspecified atom stereocenters. The minimum absolute atomic E-state index is 0.218. The fourth-order valence-electron chi connectivity index (χ4n) is 3.28. The summed E-state index contributed by atoms with van der Waals surface area (Å²) in [6.45, 7) is 1.01. The van der Waals surface area contributed by atoms with Crippen molar-refractivity contribution in [2.24, 2.45) is 10.7 Å². The molecule has 154 valence electrons. The second-order valence-electron chi connectivity index (χ2n) is 6.97. The Balaban J connectivity index is 1.78. The molecule has 8 heteroatoms. The van der Waals surface area contributed by atoms with Crippen molar-refractivity contribution in [2.75, 3.05) is 6.61 Å². The van der Waals surface area contributed by atoms with Crippen molar-refractivity contribution >= 4 is 6.02 Å². The molecule has 0 amide bonds. The van der Waals surface area contributed by atoms with Crippen LogP contribution >= 0.6 is 0 Å². The zero-order valence-corrected chi connectivity index (χ0v) is 16.2. The lowest BCUT2D eigenvalue weighted by atomic mass is 9.95. The van der Waals surface area contributed by atoms with Crippen LogP contribution in [0.2, 0.25) is 0 Å². The fraction of sp³-hybridized carbons (Fsp3) is 0.227. The van der Waals surface area contributed by atoms with Gasteiger partial charge in [0.1, 0.15) is 18.2 Å². The highest BCUT2D eigenvalue weighted by molar-refractivity contribution is 5.73. The van der Waals surface area contributed by atoms with Crippen LogP contribution in [-0.2, 0) is 4.74 Å². The summed E-state index contributed by atoms with van der Waals surface area (Å²) in [6.07, 6.45) is 4.27. The standard InChI is InChI=1S/C22H20F2N4O2/c1-14(15-5-3-2-4-6-15)30-19-8-7-16(17-10-26-13-27-11-17)9-18(19)20-22(23,24)12-29-21(25)28-20/h2-11,13-14,20H,12H2,1H3,(H2,25,28). The number of alkyl halides is 2. The quantitative estimate of drug-likeness (QED) is 0.678. The van der Waals surface area contributed by atoms with E-state index < -0.39 is 18.6 Å². The summed E-state index contributed by atoms with van der Waals surface area (Å²) >= 11 is 0. The van der Waals surface area contributed by atoms with E-state index in [0.29, 0.717) is 16.9 Å². The van der Waals surface area contributed by atoms with Crippen LogP contribution < -0.4 is 10.5 Å². The van der Waals surface area contributed by atoms with E-state index in [-0.39, 0.29) is 17.7 Å². The number of rotatable bonds is 5. The molecule has 0 saturated heterocycles. The Morgan fingerprint density at radius 1 is 1.10 bits per heavy atom. The summed E-state index contributed by atoms with van der Waals surface area (Å²) in [7, 11) is 0. The summed E-state index contributed by atoms with van der Waals surface area (Å²) in [5.41, 5.74) is 8.11. The Hall–Kier alpha value is -3.55. The van der Waals surface area contributed by atoms with Crippen LogP contribution in [0.3, 0.4) is 0 Å². The molecule has 2 atom stereocenters. The second kappa shape index (κ2) is 8.06. The minimum atomic E-state index is -3.25. The number of benzene rings is 2. The first kappa shape index (κ1) is 19.8. The highest BCUT2D eigenvalue weighted by atomic mass is 19.3. The molecule has 6 nitrogen and oxygen atoms in total. The lowest BCUT2D eigenvalue weighted by molar-refractivity contribution is -0.0787. The maximum Gasteiger partial charge on any atom is 0.307 e. The van der Waals surface area contributed by atoms with Gasteiger partial charge >= 0.3 is 5.92 Å². The third-order valence-corrected chi connectivity index (χ3v) is 4.84. The molecule has 2 aromatic carbocycles. The molecule has 4 rings (SSSR count). The second-order valence-corrected chi connectivity index (χ2v) is 6.97. The Bertz CT molecular complexity index is 1050. The zero-order chi connectivity index (χ0) is 21.1. The average Bonchev–Trinajstić information content (AvgIpc) is 2.77. The molecule has 3 aromatic rings. The first-order chi connectivity index (χ1) is 14.4. The van der Waals surface area contributed by atoms with Crippen molar-refractivity contribution in [2.45, 2.75) is 25.0 Å². The van der Waals surface area contributed by atoms with Gasteiger partial charge in [0.25, 0.3) is 6.02 Å². The number of aliphatic imine (C=N–C) groups is 1. The van der Waals surface area contributed by atoms with Crippen LogP contribution in [0.1, 0.15) is 30.2 Å². The SMILES string of the molecule is CC(Oc1ccc(-c2cncnc2)cc1C1N=C(N)OCC1(F)F)c1ccccc1. The molecule has 2 heterocycles. The van der Waals surface area contributed by atoms with Gasteiger partial charge in [-0.05, 0) is 30.2 Å². The molecule has 1 aliphatic rings. The zero-order valence-electron chi connectivity index (χ0n) is 16.2. The number of aromatic nitrogens is 2. The van der Waals surface area contributed by atoms with Crippen LogP contribution in [0, 0.1) is 0 Å². The van der Waals surface area contributed by atoms with Crippen LogP contribution in [0.5, 0.6) is 5.75 Å². The highest BCUT2D eigenvalue weighted by Gasteiger charge is 2.46. The molecule has 0 aliphatic carbocycles. The summed E-state index contributed by atoms with van der Waals surface area (Å²) < 4.78 is 40.3. The first-order valence-electron chi connectivity index (χ1n) is 9.39. The predicted octanol–water partition coefficient (Wildman–Crippen LogP) is 4.30. The molecular weight excluding hydrogens is 390 g/mol. The van der Waals surface area contributed by atoms with Gasteiger partial charge in [-0.25, -0.2) is 23.7 Å². The number of halogens is 2. The third-order valence-electron chi connectivity index (χ3n) is 4.84. The smallest absolute Gasteiger partial charge is 0.307 e. The van der Waals surface area contributed by atoms with Crippen molar-refractivity contribution in [1.29, 1.82) is 0 Å². The maximum atomic E-state index is 14.7. The van der Waals surface area contributed by atoms with Crippen LogP contribution in [0.4, 0.5) is 8.78 Å². The fourth-order valence-corrected chi connectivity index (χ4v) is 3.28. The number of hydrogen-bond donors (Lipinski definition) is 1. The molecule has 1 aliphatic heterocycles. The summed E-state index contributed by atoms with van der Waals surface area (Å²) in [4.78, 5) is 11.9. The van der Waals surface area contributed by atoms with Gasteiger partial charge < -0.3 is 15.2 Å². The molecule has 2 N–H and O–H groups in total. The Morgan fingerprint density at radius 2 is 1.83 bits per heavy atom. The van der Waals surface area contributed by atoms with Crippen molar-refractivity contribution < 1.29 is 18.3 Å². The Morgan fingerprint density at radius 3 is 2.57 bits per heavy atom. The molecular formula is C22H20F2N4O2. The van der Waals surface area contributed by atoms with Crippen molar-refractivity contribution in [1.82, 2.24) is 9.97 Å². The average molecular weight is 410 g/mol. The molecule has 0 radical (unpaired) electrons. The minimum Gasteiger partial charge on any atom is -0.486 e. The lowest BCUT2D eigenvalue weighted by Gasteiger charge is -2.30. The Labute approximate surface area is 172 Å². The molecule has 0 saturated carbocycles. The van der Waals surface area contributed by atoms with Crippen molar-refractivity contribution in [3.63, 3.8) is 0 Å². The Kier molecular flexibility index (Phi) is 5.31.